The minimum absolute atomic E-state index is 0.0567. The Morgan fingerprint density at radius 3 is 1.35 bits per heavy atom. The van der Waals surface area contributed by atoms with Crippen molar-refractivity contribution in [2.75, 3.05) is 0 Å². The lowest BCUT2D eigenvalue weighted by molar-refractivity contribution is 0.0709. The zero-order valence-electron chi connectivity index (χ0n) is 25.5. The number of phenols is 2. The highest BCUT2D eigenvalue weighted by Gasteiger charge is 2.36. The summed E-state index contributed by atoms with van der Waals surface area (Å²) in [6.45, 7) is 2.10. The number of Topliss-reactive ketones (excluding diaryl/α,β-unsaturated/α-hetero) is 2. The molecule has 0 amide bonds. The summed E-state index contributed by atoms with van der Waals surface area (Å²) in [5, 5.41) is 19.8. The summed E-state index contributed by atoms with van der Waals surface area (Å²) in [5.74, 6) is 0.179. The van der Waals surface area contributed by atoms with E-state index in [1.54, 1.807) is 48.5 Å². The van der Waals surface area contributed by atoms with E-state index >= 15 is 0 Å². The lowest BCUT2D eigenvalue weighted by atomic mass is 9.71. The highest BCUT2D eigenvalue weighted by Crippen LogP contribution is 2.41. The van der Waals surface area contributed by atoms with Gasteiger partial charge in [0.05, 0.1) is 0 Å². The maximum Gasteiger partial charge on any atom is 0.166 e. The normalized spacial score (nSPS) is 16.5. The van der Waals surface area contributed by atoms with Crippen molar-refractivity contribution >= 4 is 11.6 Å². The Morgan fingerprint density at radius 2 is 0.935 bits per heavy atom. The van der Waals surface area contributed by atoms with Gasteiger partial charge in [0.2, 0.25) is 0 Å². The first-order valence-corrected chi connectivity index (χ1v) is 15.5. The largest absolute Gasteiger partial charge is 0.508 e. The van der Waals surface area contributed by atoms with Crippen molar-refractivity contribution in [3.05, 3.63) is 155 Å². The SMILES string of the molecule is CC(c1ccc(O)cc1)(c1ccc(O)cc1)c1ccc(Oc2ccc(C(=O)C3CCCCC3C(=O)c3ccc(F)cc3)cc2)cc1. The van der Waals surface area contributed by atoms with Crippen molar-refractivity contribution in [3.8, 4) is 23.0 Å². The summed E-state index contributed by atoms with van der Waals surface area (Å²) in [6, 6.07) is 34.6. The van der Waals surface area contributed by atoms with E-state index in [1.165, 1.54) is 24.3 Å². The van der Waals surface area contributed by atoms with Crippen molar-refractivity contribution in [3.63, 3.8) is 0 Å². The minimum Gasteiger partial charge on any atom is -0.508 e. The van der Waals surface area contributed by atoms with Gasteiger partial charge in [0, 0.05) is 28.4 Å². The molecule has 1 fully saturated rings. The fourth-order valence-electron chi connectivity index (χ4n) is 6.57. The first-order chi connectivity index (χ1) is 22.2. The number of benzene rings is 5. The minimum atomic E-state index is -0.572. The van der Waals surface area contributed by atoms with Gasteiger partial charge in [0.1, 0.15) is 28.8 Å². The molecule has 0 heterocycles. The van der Waals surface area contributed by atoms with Gasteiger partial charge in [0.25, 0.3) is 0 Å². The molecule has 6 rings (SSSR count). The second-order valence-corrected chi connectivity index (χ2v) is 12.1. The maximum absolute atomic E-state index is 13.6. The van der Waals surface area contributed by atoms with E-state index in [9.17, 15) is 24.2 Å². The molecule has 1 aliphatic rings. The molecule has 232 valence electrons. The summed E-state index contributed by atoms with van der Waals surface area (Å²) in [4.78, 5) is 26.9. The van der Waals surface area contributed by atoms with Crippen LogP contribution in [-0.4, -0.2) is 21.8 Å². The molecule has 0 aromatic heterocycles. The number of rotatable bonds is 9. The second-order valence-electron chi connectivity index (χ2n) is 12.1. The third-order valence-electron chi connectivity index (χ3n) is 9.26. The lowest BCUT2D eigenvalue weighted by Gasteiger charge is -2.32. The fraction of sp³-hybridized carbons (Fsp3) is 0.200. The molecule has 0 bridgehead atoms. The van der Waals surface area contributed by atoms with Crippen LogP contribution in [0.2, 0.25) is 0 Å². The van der Waals surface area contributed by atoms with Gasteiger partial charge in [-0.1, -0.05) is 49.2 Å². The molecule has 2 unspecified atom stereocenters. The Labute approximate surface area is 267 Å². The van der Waals surface area contributed by atoms with E-state index in [-0.39, 0.29) is 23.1 Å². The Morgan fingerprint density at radius 1 is 0.587 bits per heavy atom. The number of phenolic OH excluding ortho intramolecular Hbond substituents is 2. The van der Waals surface area contributed by atoms with Crippen LogP contribution in [-0.2, 0) is 5.41 Å². The van der Waals surface area contributed by atoms with Crippen LogP contribution in [0.25, 0.3) is 0 Å². The molecule has 5 aromatic carbocycles. The van der Waals surface area contributed by atoms with Crippen molar-refractivity contribution in [2.24, 2.45) is 11.8 Å². The molecule has 2 atom stereocenters. The molecule has 0 saturated heterocycles. The number of halogens is 1. The third-order valence-corrected chi connectivity index (χ3v) is 9.26. The molecule has 5 aromatic rings. The highest BCUT2D eigenvalue weighted by molar-refractivity contribution is 6.05. The van der Waals surface area contributed by atoms with Crippen LogP contribution in [0, 0.1) is 17.7 Å². The summed E-state index contributed by atoms with van der Waals surface area (Å²) in [6.07, 6.45) is 3.06. The van der Waals surface area contributed by atoms with Crippen LogP contribution in [0.4, 0.5) is 4.39 Å². The van der Waals surface area contributed by atoms with E-state index in [0.717, 1.165) is 29.5 Å². The molecule has 0 spiro atoms. The van der Waals surface area contributed by atoms with Gasteiger partial charge < -0.3 is 14.9 Å². The van der Waals surface area contributed by atoms with Crippen LogP contribution < -0.4 is 4.74 Å². The van der Waals surface area contributed by atoms with Gasteiger partial charge in [-0.05, 0) is 121 Å². The fourth-order valence-corrected chi connectivity index (χ4v) is 6.57. The maximum atomic E-state index is 13.6. The number of carbonyl (C=O) groups is 2. The van der Waals surface area contributed by atoms with Gasteiger partial charge in [-0.15, -0.1) is 0 Å². The summed E-state index contributed by atoms with van der Waals surface area (Å²) >= 11 is 0. The molecule has 6 heteroatoms. The van der Waals surface area contributed by atoms with Crippen molar-refractivity contribution < 1.29 is 28.9 Å². The van der Waals surface area contributed by atoms with Crippen molar-refractivity contribution in [2.45, 2.75) is 38.0 Å². The molecular formula is C40H35FO5. The third kappa shape index (κ3) is 6.29. The average Bonchev–Trinajstić information content (AvgIpc) is 3.09. The van der Waals surface area contributed by atoms with E-state index in [1.807, 2.05) is 48.5 Å². The average molecular weight is 615 g/mol. The molecular weight excluding hydrogens is 579 g/mol. The lowest BCUT2D eigenvalue weighted by Crippen LogP contribution is -2.33. The van der Waals surface area contributed by atoms with Crippen LogP contribution in [0.15, 0.2) is 121 Å². The molecule has 1 aliphatic carbocycles. The van der Waals surface area contributed by atoms with Crippen LogP contribution >= 0.6 is 0 Å². The molecule has 0 radical (unpaired) electrons. The molecule has 46 heavy (non-hydrogen) atoms. The van der Waals surface area contributed by atoms with Crippen LogP contribution in [0.5, 0.6) is 23.0 Å². The number of aromatic hydroxyl groups is 2. The standard InChI is InChI=1S/C40H35FO5/c1-40(28-10-18-32(42)19-11-28,29-12-20-33(43)21-13-29)30-14-24-35(25-15-30)46-34-22-8-27(9-23-34)39(45)37-5-3-2-4-36(37)38(44)26-6-16-31(41)17-7-26/h6-25,36-37,42-43H,2-5H2,1H3. The Bertz CT molecular complexity index is 1760. The van der Waals surface area contributed by atoms with Gasteiger partial charge in [-0.2, -0.15) is 0 Å². The molecule has 0 aliphatic heterocycles. The molecule has 1 saturated carbocycles. The highest BCUT2D eigenvalue weighted by atomic mass is 19.1. The zero-order valence-corrected chi connectivity index (χ0v) is 25.5. The quantitative estimate of drug-likeness (QED) is 0.128. The number of carbonyl (C=O) groups excluding carboxylic acids is 2. The predicted octanol–water partition coefficient (Wildman–Crippen LogP) is 9.26. The summed E-state index contributed by atoms with van der Waals surface area (Å²) in [5.41, 5.74) is 3.34. The predicted molar refractivity (Wildman–Crippen MR) is 175 cm³/mol. The first kappa shape index (κ1) is 30.8. The van der Waals surface area contributed by atoms with Gasteiger partial charge in [-0.3, -0.25) is 9.59 Å². The first-order valence-electron chi connectivity index (χ1n) is 15.5. The molecule has 2 N–H and O–H groups in total. The van der Waals surface area contributed by atoms with E-state index in [4.69, 9.17) is 4.74 Å². The molecule has 5 nitrogen and oxygen atoms in total. The topological polar surface area (TPSA) is 83.8 Å². The summed E-state index contributed by atoms with van der Waals surface area (Å²) < 4.78 is 19.5. The second kappa shape index (κ2) is 13.0. The van der Waals surface area contributed by atoms with E-state index in [0.29, 0.717) is 35.5 Å². The Hall–Kier alpha value is -5.23. The van der Waals surface area contributed by atoms with E-state index < -0.39 is 23.1 Å². The van der Waals surface area contributed by atoms with Crippen LogP contribution in [0.3, 0.4) is 0 Å². The van der Waals surface area contributed by atoms with Gasteiger partial charge in [0.15, 0.2) is 11.6 Å². The van der Waals surface area contributed by atoms with Gasteiger partial charge in [-0.25, -0.2) is 4.39 Å². The van der Waals surface area contributed by atoms with Crippen molar-refractivity contribution in [1.29, 1.82) is 0 Å². The number of ether oxygens (including phenoxy) is 1. The zero-order chi connectivity index (χ0) is 32.3. The number of hydrogen-bond donors (Lipinski definition) is 2. The Balaban J connectivity index is 1.18. The smallest absolute Gasteiger partial charge is 0.166 e. The monoisotopic (exact) mass is 614 g/mol. The Kier molecular flexibility index (Phi) is 8.71. The summed E-state index contributed by atoms with van der Waals surface area (Å²) in [7, 11) is 0. The van der Waals surface area contributed by atoms with Crippen molar-refractivity contribution in [1.82, 2.24) is 0 Å². The van der Waals surface area contributed by atoms with E-state index in [2.05, 4.69) is 6.92 Å². The van der Waals surface area contributed by atoms with Gasteiger partial charge >= 0.3 is 0 Å². The van der Waals surface area contributed by atoms with Crippen LogP contribution in [0.1, 0.15) is 70.0 Å². The number of hydrogen-bond acceptors (Lipinski definition) is 5. The number of ketones is 2.